The fraction of sp³-hybridized carbons (Fsp3) is 0.346. The standard InChI is InChI=1S/C26H25F2N7O4S/c1-4-40(37,38)25-15(2)32-34(16(25)3)24-10-23(21(28)12-30-24)39-20-13-33(14-20)26(36)35-22(5-6-31-35)18-7-17(11-29)8-19(27)9-18/h6-10,12,20,22H,4-5,13-14H2,1-3H3. The number of benzene rings is 1. The number of rotatable bonds is 6. The summed E-state index contributed by atoms with van der Waals surface area (Å²) in [6, 6.07) is 6.17. The monoisotopic (exact) mass is 569 g/mol. The number of likely N-dealkylation sites (tertiary alicyclic amines) is 1. The van der Waals surface area contributed by atoms with Crippen LogP contribution in [-0.2, 0) is 9.84 Å². The summed E-state index contributed by atoms with van der Waals surface area (Å²) < 4.78 is 60.7. The van der Waals surface area contributed by atoms with Gasteiger partial charge in [-0.05, 0) is 37.6 Å². The summed E-state index contributed by atoms with van der Waals surface area (Å²) in [4.78, 5) is 18.7. The zero-order valence-electron chi connectivity index (χ0n) is 21.9. The molecule has 0 saturated carbocycles. The molecule has 1 saturated heterocycles. The molecule has 40 heavy (non-hydrogen) atoms. The van der Waals surface area contributed by atoms with Crippen LogP contribution in [0.15, 0.2) is 40.5 Å². The molecule has 0 bridgehead atoms. The molecule has 2 aliphatic rings. The van der Waals surface area contributed by atoms with E-state index in [1.54, 1.807) is 27.0 Å². The van der Waals surface area contributed by atoms with Crippen molar-refractivity contribution in [2.24, 2.45) is 5.10 Å². The number of aromatic nitrogens is 3. The van der Waals surface area contributed by atoms with Crippen molar-refractivity contribution < 1.29 is 26.7 Å². The molecule has 1 unspecified atom stereocenters. The number of hydrazone groups is 1. The predicted molar refractivity (Wildman–Crippen MR) is 139 cm³/mol. The second-order valence-corrected chi connectivity index (χ2v) is 11.7. The van der Waals surface area contributed by atoms with Crippen LogP contribution in [0.4, 0.5) is 13.6 Å². The third-order valence-electron chi connectivity index (χ3n) is 6.81. The molecule has 0 aliphatic carbocycles. The minimum atomic E-state index is -3.53. The molecule has 0 spiro atoms. The molecule has 1 atom stereocenters. The van der Waals surface area contributed by atoms with Crippen LogP contribution in [-0.4, -0.2) is 70.3 Å². The van der Waals surface area contributed by atoms with Crippen molar-refractivity contribution >= 4 is 22.1 Å². The molecular weight excluding hydrogens is 544 g/mol. The molecule has 5 rings (SSSR count). The fourth-order valence-corrected chi connectivity index (χ4v) is 6.12. The number of nitriles is 1. The molecule has 208 valence electrons. The molecule has 1 aromatic carbocycles. The fourth-order valence-electron chi connectivity index (χ4n) is 4.80. The van der Waals surface area contributed by atoms with Crippen LogP contribution in [0.2, 0.25) is 0 Å². The van der Waals surface area contributed by atoms with E-state index in [1.165, 1.54) is 32.8 Å². The van der Waals surface area contributed by atoms with Crippen LogP contribution in [0.25, 0.3) is 5.82 Å². The molecule has 2 aliphatic heterocycles. The summed E-state index contributed by atoms with van der Waals surface area (Å²) in [6.07, 6.45) is 2.37. The van der Waals surface area contributed by atoms with Crippen LogP contribution in [0.3, 0.4) is 0 Å². The Hall–Kier alpha value is -4.38. The van der Waals surface area contributed by atoms with Gasteiger partial charge < -0.3 is 9.64 Å². The number of carbonyl (C=O) groups is 1. The molecule has 11 nitrogen and oxygen atoms in total. The summed E-state index contributed by atoms with van der Waals surface area (Å²) >= 11 is 0. The van der Waals surface area contributed by atoms with Crippen LogP contribution in [0.1, 0.15) is 41.9 Å². The summed E-state index contributed by atoms with van der Waals surface area (Å²) in [5, 5.41) is 18.8. The van der Waals surface area contributed by atoms with Gasteiger partial charge in [-0.25, -0.2) is 36.7 Å². The topological polar surface area (TPSA) is 134 Å². The number of sulfone groups is 1. The SMILES string of the molecule is CCS(=O)(=O)c1c(C)nn(-c2cc(OC3CN(C(=O)N4N=CCC4c4cc(F)cc(C#N)c4)C3)c(F)cn2)c1C. The van der Waals surface area contributed by atoms with E-state index in [-0.39, 0.29) is 40.9 Å². The molecular formula is C26H25F2N7O4S. The van der Waals surface area contributed by atoms with Crippen LogP contribution in [0.5, 0.6) is 5.75 Å². The minimum Gasteiger partial charge on any atom is -0.483 e. The van der Waals surface area contributed by atoms with Crippen molar-refractivity contribution in [2.45, 2.75) is 44.2 Å². The Labute approximate surface area is 229 Å². The summed E-state index contributed by atoms with van der Waals surface area (Å²) in [5.41, 5.74) is 1.27. The van der Waals surface area contributed by atoms with Crippen molar-refractivity contribution in [1.82, 2.24) is 24.7 Å². The lowest BCUT2D eigenvalue weighted by Crippen LogP contribution is -2.58. The van der Waals surface area contributed by atoms with Crippen molar-refractivity contribution in [3.8, 4) is 17.6 Å². The van der Waals surface area contributed by atoms with Crippen molar-refractivity contribution in [3.63, 3.8) is 0 Å². The Morgan fingerprint density at radius 1 is 1.20 bits per heavy atom. The second kappa shape index (κ2) is 10.3. The van der Waals surface area contributed by atoms with E-state index in [2.05, 4.69) is 15.2 Å². The first kappa shape index (κ1) is 27.2. The predicted octanol–water partition coefficient (Wildman–Crippen LogP) is 3.44. The number of hydrogen-bond donors (Lipinski definition) is 0. The third-order valence-corrected chi connectivity index (χ3v) is 8.78. The summed E-state index contributed by atoms with van der Waals surface area (Å²) in [5.74, 6) is -1.32. The molecule has 0 N–H and O–H groups in total. The van der Waals surface area contributed by atoms with Crippen molar-refractivity contribution in [1.29, 1.82) is 5.26 Å². The molecule has 14 heteroatoms. The number of ether oxygens (including phenoxy) is 1. The first-order valence-electron chi connectivity index (χ1n) is 12.4. The maximum Gasteiger partial charge on any atom is 0.341 e. The molecule has 3 aromatic rings. The van der Waals surface area contributed by atoms with Gasteiger partial charge in [-0.3, -0.25) is 0 Å². The minimum absolute atomic E-state index is 0.0882. The quantitative estimate of drug-likeness (QED) is 0.444. The normalized spacial score (nSPS) is 17.1. The number of nitrogens with zero attached hydrogens (tertiary/aromatic N) is 7. The Morgan fingerprint density at radius 2 is 1.95 bits per heavy atom. The highest BCUT2D eigenvalue weighted by Crippen LogP contribution is 2.32. The van der Waals surface area contributed by atoms with Gasteiger partial charge in [0.15, 0.2) is 27.2 Å². The lowest BCUT2D eigenvalue weighted by Gasteiger charge is -2.41. The number of pyridine rings is 1. The number of carbonyl (C=O) groups excluding carboxylic acids is 1. The van der Waals surface area contributed by atoms with Gasteiger partial charge in [0, 0.05) is 18.7 Å². The van der Waals surface area contributed by atoms with Gasteiger partial charge in [-0.2, -0.15) is 15.5 Å². The molecule has 2 amide bonds. The Balaban J connectivity index is 1.28. The average Bonchev–Trinajstić information content (AvgIpc) is 3.50. The number of aryl methyl sites for hydroxylation is 1. The first-order valence-corrected chi connectivity index (χ1v) is 14.1. The van der Waals surface area contributed by atoms with Crippen LogP contribution in [0, 0.1) is 36.8 Å². The lowest BCUT2D eigenvalue weighted by atomic mass is 10.0. The number of halogens is 2. The van der Waals surface area contributed by atoms with E-state index in [0.717, 1.165) is 12.3 Å². The Kier molecular flexibility index (Phi) is 7.01. The van der Waals surface area contributed by atoms with Gasteiger partial charge in [-0.1, -0.05) is 6.92 Å². The van der Waals surface area contributed by atoms with E-state index < -0.39 is 39.6 Å². The van der Waals surface area contributed by atoms with Gasteiger partial charge in [-0.15, -0.1) is 0 Å². The van der Waals surface area contributed by atoms with Crippen molar-refractivity contribution in [3.05, 3.63) is 64.6 Å². The van der Waals surface area contributed by atoms with Gasteiger partial charge in [0.2, 0.25) is 0 Å². The Morgan fingerprint density at radius 3 is 2.65 bits per heavy atom. The zero-order valence-corrected chi connectivity index (χ0v) is 22.7. The highest BCUT2D eigenvalue weighted by molar-refractivity contribution is 7.91. The van der Waals surface area contributed by atoms with E-state index in [4.69, 9.17) is 10.00 Å². The smallest absolute Gasteiger partial charge is 0.341 e. The number of amides is 2. The summed E-state index contributed by atoms with van der Waals surface area (Å²) in [7, 11) is -3.53. The number of hydrogen-bond acceptors (Lipinski definition) is 8. The van der Waals surface area contributed by atoms with E-state index in [9.17, 15) is 22.0 Å². The third kappa shape index (κ3) is 4.88. The summed E-state index contributed by atoms with van der Waals surface area (Å²) in [6.45, 7) is 5.03. The largest absolute Gasteiger partial charge is 0.483 e. The maximum absolute atomic E-state index is 14.6. The highest BCUT2D eigenvalue weighted by Gasteiger charge is 2.39. The van der Waals surface area contributed by atoms with Gasteiger partial charge in [0.05, 0.1) is 54.1 Å². The lowest BCUT2D eigenvalue weighted by molar-refractivity contribution is 0.0256. The Bertz CT molecular complexity index is 1680. The first-order chi connectivity index (χ1) is 19.0. The highest BCUT2D eigenvalue weighted by atomic mass is 32.2. The molecule has 2 aromatic heterocycles. The van der Waals surface area contributed by atoms with E-state index >= 15 is 0 Å². The van der Waals surface area contributed by atoms with Crippen molar-refractivity contribution in [2.75, 3.05) is 18.8 Å². The maximum atomic E-state index is 14.6. The second-order valence-electron chi connectivity index (χ2n) is 9.49. The average molecular weight is 570 g/mol. The van der Waals surface area contributed by atoms with Gasteiger partial charge in [0.25, 0.3) is 0 Å². The van der Waals surface area contributed by atoms with Gasteiger partial charge >= 0.3 is 6.03 Å². The molecule has 0 radical (unpaired) electrons. The molecule has 4 heterocycles. The number of urea groups is 1. The van der Waals surface area contributed by atoms with E-state index in [0.29, 0.717) is 23.4 Å². The van der Waals surface area contributed by atoms with Crippen LogP contribution >= 0.6 is 0 Å². The zero-order chi connectivity index (χ0) is 28.8. The molecule has 1 fully saturated rings. The van der Waals surface area contributed by atoms with Crippen LogP contribution < -0.4 is 4.74 Å². The van der Waals surface area contributed by atoms with Gasteiger partial charge in [0.1, 0.15) is 16.8 Å². The van der Waals surface area contributed by atoms with E-state index in [1.807, 2.05) is 6.07 Å².